The van der Waals surface area contributed by atoms with Gasteiger partial charge in [-0.15, -0.1) is 0 Å². The topological polar surface area (TPSA) is 72.3 Å². The van der Waals surface area contributed by atoms with Crippen LogP contribution in [0.1, 0.15) is 0 Å². The summed E-state index contributed by atoms with van der Waals surface area (Å²) in [5, 5.41) is 2.82. The number of ether oxygens (including phenoxy) is 2. The first kappa shape index (κ1) is 17.2. The number of morpholine rings is 1. The Balaban J connectivity index is 1.76. The van der Waals surface area contributed by atoms with Gasteiger partial charge < -0.3 is 24.6 Å². The summed E-state index contributed by atoms with van der Waals surface area (Å²) in [6, 6.07) is 7.14. The molecule has 2 N–H and O–H groups in total. The number of rotatable bonds is 6. The second-order valence-electron chi connectivity index (χ2n) is 5.58. The van der Waals surface area contributed by atoms with Crippen molar-refractivity contribution in [3.63, 3.8) is 0 Å². The standard InChI is InChI=1S/C16H23N3O4/c1-18(12-16(21)19-7-9-23-10-8-19)11-15(20)17-13-3-5-14(22-2)6-4-13/h3-6H,7-12H2,1-2H3,(H,17,20)/p+1. The van der Waals surface area contributed by atoms with Gasteiger partial charge in [-0.05, 0) is 24.3 Å². The largest absolute Gasteiger partial charge is 0.497 e. The highest BCUT2D eigenvalue weighted by Crippen LogP contribution is 2.14. The summed E-state index contributed by atoms with van der Waals surface area (Å²) in [6.45, 7) is 2.97. The number of methoxy groups -OCH3 is 1. The number of benzene rings is 1. The van der Waals surface area contributed by atoms with Crippen LogP contribution in [0.3, 0.4) is 0 Å². The van der Waals surface area contributed by atoms with Gasteiger partial charge in [-0.25, -0.2) is 0 Å². The van der Waals surface area contributed by atoms with Crippen molar-refractivity contribution in [3.8, 4) is 5.75 Å². The Hall–Kier alpha value is -2.12. The summed E-state index contributed by atoms with van der Waals surface area (Å²) < 4.78 is 10.3. The molecule has 1 unspecified atom stereocenters. The molecule has 23 heavy (non-hydrogen) atoms. The molecule has 126 valence electrons. The van der Waals surface area contributed by atoms with Gasteiger partial charge in [0.25, 0.3) is 11.8 Å². The van der Waals surface area contributed by atoms with E-state index in [0.29, 0.717) is 38.5 Å². The average Bonchev–Trinajstić information content (AvgIpc) is 2.56. The minimum Gasteiger partial charge on any atom is -0.497 e. The van der Waals surface area contributed by atoms with Crippen molar-refractivity contribution in [2.45, 2.75) is 0 Å². The van der Waals surface area contributed by atoms with Crippen LogP contribution < -0.4 is 15.0 Å². The van der Waals surface area contributed by atoms with Crippen molar-refractivity contribution in [2.75, 3.05) is 58.9 Å². The Morgan fingerprint density at radius 1 is 1.22 bits per heavy atom. The van der Waals surface area contributed by atoms with Gasteiger partial charge >= 0.3 is 0 Å². The summed E-state index contributed by atoms with van der Waals surface area (Å²) in [7, 11) is 3.43. The molecule has 7 nitrogen and oxygen atoms in total. The molecule has 0 aliphatic carbocycles. The molecule has 0 aromatic heterocycles. The second-order valence-corrected chi connectivity index (χ2v) is 5.58. The molecular formula is C16H24N3O4+. The molecule has 1 aliphatic rings. The lowest BCUT2D eigenvalue weighted by Gasteiger charge is -2.27. The first-order valence-corrected chi connectivity index (χ1v) is 7.69. The summed E-state index contributed by atoms with van der Waals surface area (Å²) in [5.41, 5.74) is 0.711. The van der Waals surface area contributed by atoms with Crippen LogP contribution in [0.4, 0.5) is 5.69 Å². The molecule has 1 atom stereocenters. The number of amides is 2. The number of hydrogen-bond donors (Lipinski definition) is 2. The smallest absolute Gasteiger partial charge is 0.279 e. The van der Waals surface area contributed by atoms with Crippen molar-refractivity contribution in [1.82, 2.24) is 4.90 Å². The van der Waals surface area contributed by atoms with E-state index < -0.39 is 0 Å². The maximum absolute atomic E-state index is 12.1. The summed E-state index contributed by atoms with van der Waals surface area (Å²) in [5.74, 6) is 0.673. The second kappa shape index (κ2) is 8.50. The monoisotopic (exact) mass is 322 g/mol. The van der Waals surface area contributed by atoms with Gasteiger partial charge in [0, 0.05) is 18.8 Å². The van der Waals surface area contributed by atoms with Crippen molar-refractivity contribution in [2.24, 2.45) is 0 Å². The van der Waals surface area contributed by atoms with Crippen LogP contribution in [0.2, 0.25) is 0 Å². The lowest BCUT2D eigenvalue weighted by molar-refractivity contribution is -0.862. The molecule has 0 spiro atoms. The van der Waals surface area contributed by atoms with Gasteiger partial charge in [0.15, 0.2) is 13.1 Å². The SMILES string of the molecule is COc1ccc(NC(=O)C[NH+](C)CC(=O)N2CCOCC2)cc1. The van der Waals surface area contributed by atoms with E-state index in [0.717, 1.165) is 10.6 Å². The number of carbonyl (C=O) groups is 2. The number of likely N-dealkylation sites (N-methyl/N-ethyl adjacent to an activating group) is 1. The lowest BCUT2D eigenvalue weighted by atomic mass is 10.3. The Morgan fingerprint density at radius 3 is 2.48 bits per heavy atom. The molecule has 1 heterocycles. The number of nitrogens with zero attached hydrogens (tertiary/aromatic N) is 1. The van der Waals surface area contributed by atoms with Crippen LogP contribution >= 0.6 is 0 Å². The third-order valence-corrected chi connectivity index (χ3v) is 3.65. The molecule has 7 heteroatoms. The minimum absolute atomic E-state index is 0.0584. The van der Waals surface area contributed by atoms with Crippen LogP contribution in [0, 0.1) is 0 Å². The highest BCUT2D eigenvalue weighted by Gasteiger charge is 2.21. The third kappa shape index (κ3) is 5.54. The fourth-order valence-corrected chi connectivity index (χ4v) is 2.40. The molecule has 1 saturated heterocycles. The molecule has 1 fully saturated rings. The zero-order valence-corrected chi connectivity index (χ0v) is 13.6. The van der Waals surface area contributed by atoms with E-state index in [4.69, 9.17) is 9.47 Å². The van der Waals surface area contributed by atoms with E-state index in [1.54, 1.807) is 36.3 Å². The number of quaternary nitrogens is 1. The number of carbonyl (C=O) groups excluding carboxylic acids is 2. The quantitative estimate of drug-likeness (QED) is 0.705. The molecule has 2 amide bonds. The molecule has 0 bridgehead atoms. The molecule has 0 saturated carbocycles. The first-order valence-electron chi connectivity index (χ1n) is 7.69. The average molecular weight is 322 g/mol. The van der Waals surface area contributed by atoms with Crippen LogP contribution in [-0.2, 0) is 14.3 Å². The van der Waals surface area contributed by atoms with Crippen LogP contribution in [-0.4, -0.2) is 70.3 Å². The predicted molar refractivity (Wildman–Crippen MR) is 85.6 cm³/mol. The van der Waals surface area contributed by atoms with Gasteiger partial charge in [0.1, 0.15) is 5.75 Å². The lowest BCUT2D eigenvalue weighted by Crippen LogP contribution is -3.11. The Kier molecular flexibility index (Phi) is 6.37. The maximum Gasteiger partial charge on any atom is 0.279 e. The van der Waals surface area contributed by atoms with Gasteiger partial charge in [-0.2, -0.15) is 0 Å². The number of anilines is 1. The third-order valence-electron chi connectivity index (χ3n) is 3.65. The molecule has 2 rings (SSSR count). The molecule has 1 aromatic rings. The van der Waals surface area contributed by atoms with Crippen molar-refractivity contribution in [1.29, 1.82) is 0 Å². The van der Waals surface area contributed by atoms with Crippen LogP contribution in [0.5, 0.6) is 5.75 Å². The zero-order chi connectivity index (χ0) is 16.7. The number of hydrogen-bond acceptors (Lipinski definition) is 4. The number of nitrogens with one attached hydrogen (secondary N) is 2. The summed E-state index contributed by atoms with van der Waals surface area (Å²) >= 11 is 0. The van der Waals surface area contributed by atoms with E-state index in [1.165, 1.54) is 0 Å². The predicted octanol–water partition coefficient (Wildman–Crippen LogP) is -0.993. The molecule has 1 aliphatic heterocycles. The zero-order valence-electron chi connectivity index (χ0n) is 13.6. The van der Waals surface area contributed by atoms with E-state index in [-0.39, 0.29) is 18.4 Å². The normalized spacial score (nSPS) is 15.8. The molecule has 0 radical (unpaired) electrons. The van der Waals surface area contributed by atoms with Gasteiger partial charge in [-0.1, -0.05) is 0 Å². The summed E-state index contributed by atoms with van der Waals surface area (Å²) in [4.78, 5) is 26.8. The van der Waals surface area contributed by atoms with Crippen molar-refractivity contribution in [3.05, 3.63) is 24.3 Å². The first-order chi connectivity index (χ1) is 11.1. The van der Waals surface area contributed by atoms with Gasteiger partial charge in [0.05, 0.1) is 27.4 Å². The van der Waals surface area contributed by atoms with Crippen LogP contribution in [0.25, 0.3) is 0 Å². The highest BCUT2D eigenvalue weighted by atomic mass is 16.5. The van der Waals surface area contributed by atoms with E-state index >= 15 is 0 Å². The maximum atomic E-state index is 12.1. The van der Waals surface area contributed by atoms with Crippen molar-refractivity contribution < 1.29 is 24.0 Å². The fourth-order valence-electron chi connectivity index (χ4n) is 2.40. The van der Waals surface area contributed by atoms with Gasteiger partial charge in [-0.3, -0.25) is 9.59 Å². The van der Waals surface area contributed by atoms with Gasteiger partial charge in [0.2, 0.25) is 0 Å². The van der Waals surface area contributed by atoms with Crippen molar-refractivity contribution >= 4 is 17.5 Å². The van der Waals surface area contributed by atoms with E-state index in [9.17, 15) is 9.59 Å². The Morgan fingerprint density at radius 2 is 1.87 bits per heavy atom. The summed E-state index contributed by atoms with van der Waals surface area (Å²) in [6.07, 6.45) is 0. The van der Waals surface area contributed by atoms with E-state index in [1.807, 2.05) is 7.05 Å². The van der Waals surface area contributed by atoms with Crippen LogP contribution in [0.15, 0.2) is 24.3 Å². The molecular weight excluding hydrogens is 298 g/mol. The van der Waals surface area contributed by atoms with E-state index in [2.05, 4.69) is 5.32 Å². The molecule has 1 aromatic carbocycles. The Bertz CT molecular complexity index is 527. The fraction of sp³-hybridized carbons (Fsp3) is 0.500. The Labute approximate surface area is 136 Å². The highest BCUT2D eigenvalue weighted by molar-refractivity contribution is 5.91. The minimum atomic E-state index is -0.123.